The minimum absolute atomic E-state index is 0.0576. The second kappa shape index (κ2) is 5.73. The average Bonchev–Trinajstić information content (AvgIpc) is 3.23. The second-order valence-corrected chi connectivity index (χ2v) is 6.19. The summed E-state index contributed by atoms with van der Waals surface area (Å²) in [4.78, 5) is 15.9. The van der Waals surface area contributed by atoms with Gasteiger partial charge in [-0.25, -0.2) is 4.39 Å². The molecule has 1 amide bonds. The van der Waals surface area contributed by atoms with Crippen molar-refractivity contribution in [2.24, 2.45) is 5.92 Å². The fraction of sp³-hybridized carbons (Fsp3) is 0.562. The molecule has 0 aromatic heterocycles. The molecule has 1 N–H and O–H groups in total. The molecule has 1 saturated heterocycles. The van der Waals surface area contributed by atoms with E-state index in [1.54, 1.807) is 17.0 Å². The van der Waals surface area contributed by atoms with Gasteiger partial charge in [-0.2, -0.15) is 0 Å². The molecule has 2 fully saturated rings. The second-order valence-electron chi connectivity index (χ2n) is 6.19. The van der Waals surface area contributed by atoms with Crippen molar-refractivity contribution in [1.29, 1.82) is 0 Å². The Morgan fingerprint density at radius 2 is 2.00 bits per heavy atom. The van der Waals surface area contributed by atoms with E-state index in [4.69, 9.17) is 0 Å². The smallest absolute Gasteiger partial charge is 0.225 e. The summed E-state index contributed by atoms with van der Waals surface area (Å²) in [7, 11) is 1.93. The van der Waals surface area contributed by atoms with Gasteiger partial charge in [0.1, 0.15) is 5.82 Å². The number of halogens is 1. The minimum Gasteiger partial charge on any atom is -0.390 e. The summed E-state index contributed by atoms with van der Waals surface area (Å²) in [6.07, 6.45) is 1.46. The summed E-state index contributed by atoms with van der Waals surface area (Å²) in [6.45, 7) is 1.63. The molecule has 1 saturated carbocycles. The standard InChI is InChI=1S/C16H21FN2O2/c1-18(8-11-2-6-13(17)7-3-11)14-9-19(10-15(14)20)16(21)12-4-5-12/h2-3,6-7,12,14-15,20H,4-5,8-10H2,1H3/t14-,15-/m1/s1. The highest BCUT2D eigenvalue weighted by Gasteiger charge is 2.41. The molecule has 21 heavy (non-hydrogen) atoms. The number of likely N-dealkylation sites (N-methyl/N-ethyl adjacent to an activating group) is 1. The van der Waals surface area contributed by atoms with E-state index in [1.807, 2.05) is 11.9 Å². The molecule has 1 aliphatic carbocycles. The molecular weight excluding hydrogens is 271 g/mol. The van der Waals surface area contributed by atoms with Gasteiger partial charge in [0.05, 0.1) is 12.1 Å². The lowest BCUT2D eigenvalue weighted by Crippen LogP contribution is -2.40. The fourth-order valence-electron chi connectivity index (χ4n) is 2.97. The molecular formula is C16H21FN2O2. The molecule has 0 radical (unpaired) electrons. The number of amides is 1. The van der Waals surface area contributed by atoms with Crippen LogP contribution in [0.15, 0.2) is 24.3 Å². The number of rotatable bonds is 4. The lowest BCUT2D eigenvalue weighted by molar-refractivity contribution is -0.131. The molecule has 3 rings (SSSR count). The topological polar surface area (TPSA) is 43.8 Å². The van der Waals surface area contributed by atoms with Crippen molar-refractivity contribution in [2.75, 3.05) is 20.1 Å². The van der Waals surface area contributed by atoms with Crippen molar-refractivity contribution in [3.8, 4) is 0 Å². The first-order valence-corrected chi connectivity index (χ1v) is 7.46. The SMILES string of the molecule is CN(Cc1ccc(F)cc1)[C@@H]1CN(C(=O)C2CC2)C[C@H]1O. The van der Waals surface area contributed by atoms with E-state index in [0.29, 0.717) is 19.6 Å². The molecule has 2 atom stereocenters. The third kappa shape index (κ3) is 3.24. The zero-order valence-corrected chi connectivity index (χ0v) is 12.2. The highest BCUT2D eigenvalue weighted by atomic mass is 19.1. The molecule has 5 heteroatoms. The third-order valence-corrected chi connectivity index (χ3v) is 4.41. The summed E-state index contributed by atoms with van der Waals surface area (Å²) in [5.74, 6) is 0.133. The first-order chi connectivity index (χ1) is 10.0. The first-order valence-electron chi connectivity index (χ1n) is 7.46. The summed E-state index contributed by atoms with van der Waals surface area (Å²) in [5, 5.41) is 10.2. The van der Waals surface area contributed by atoms with E-state index in [2.05, 4.69) is 0 Å². The maximum Gasteiger partial charge on any atom is 0.225 e. The molecule has 0 unspecified atom stereocenters. The number of hydrogen-bond donors (Lipinski definition) is 1. The van der Waals surface area contributed by atoms with Crippen molar-refractivity contribution in [3.05, 3.63) is 35.6 Å². The Balaban J connectivity index is 1.60. The normalized spacial score (nSPS) is 25.6. The Hall–Kier alpha value is -1.46. The molecule has 0 spiro atoms. The lowest BCUT2D eigenvalue weighted by atomic mass is 10.1. The van der Waals surface area contributed by atoms with Crippen LogP contribution in [0.2, 0.25) is 0 Å². The van der Waals surface area contributed by atoms with Crippen molar-refractivity contribution in [2.45, 2.75) is 31.5 Å². The quantitative estimate of drug-likeness (QED) is 0.908. The maximum atomic E-state index is 12.9. The zero-order valence-electron chi connectivity index (χ0n) is 12.2. The summed E-state index contributed by atoms with van der Waals surface area (Å²) in [5.41, 5.74) is 0.998. The molecule has 0 bridgehead atoms. The lowest BCUT2D eigenvalue weighted by Gasteiger charge is -2.26. The zero-order chi connectivity index (χ0) is 15.0. The number of benzene rings is 1. The van der Waals surface area contributed by atoms with E-state index < -0.39 is 6.10 Å². The van der Waals surface area contributed by atoms with Gasteiger partial charge in [0.15, 0.2) is 0 Å². The highest BCUT2D eigenvalue weighted by Crippen LogP contribution is 2.32. The molecule has 1 aliphatic heterocycles. The number of likely N-dealkylation sites (tertiary alicyclic amines) is 1. The largest absolute Gasteiger partial charge is 0.390 e. The number of aliphatic hydroxyl groups is 1. The van der Waals surface area contributed by atoms with E-state index >= 15 is 0 Å². The van der Waals surface area contributed by atoms with Crippen LogP contribution < -0.4 is 0 Å². The number of β-amino-alcohol motifs (C(OH)–C–C–N with tert-alkyl or cyclic N) is 1. The van der Waals surface area contributed by atoms with Crippen LogP contribution in [0.3, 0.4) is 0 Å². The van der Waals surface area contributed by atoms with Gasteiger partial charge < -0.3 is 10.0 Å². The van der Waals surface area contributed by atoms with E-state index in [9.17, 15) is 14.3 Å². The Bertz CT molecular complexity index is 516. The predicted molar refractivity (Wildman–Crippen MR) is 77.0 cm³/mol. The van der Waals surface area contributed by atoms with Crippen molar-refractivity contribution in [1.82, 2.24) is 9.80 Å². The highest BCUT2D eigenvalue weighted by molar-refractivity contribution is 5.81. The van der Waals surface area contributed by atoms with Gasteiger partial charge in [-0.3, -0.25) is 9.69 Å². The molecule has 1 heterocycles. The van der Waals surface area contributed by atoms with Gasteiger partial charge in [0, 0.05) is 25.6 Å². The number of aliphatic hydroxyl groups excluding tert-OH is 1. The van der Waals surface area contributed by atoms with Gasteiger partial charge in [-0.05, 0) is 37.6 Å². The van der Waals surface area contributed by atoms with Crippen LogP contribution in [0.5, 0.6) is 0 Å². The van der Waals surface area contributed by atoms with E-state index in [-0.39, 0.29) is 23.7 Å². The van der Waals surface area contributed by atoms with Crippen molar-refractivity contribution < 1.29 is 14.3 Å². The average molecular weight is 292 g/mol. The summed E-state index contributed by atoms with van der Waals surface area (Å²) in [6, 6.07) is 6.33. The molecule has 114 valence electrons. The molecule has 4 nitrogen and oxygen atoms in total. The van der Waals surface area contributed by atoms with Crippen LogP contribution in [0.1, 0.15) is 18.4 Å². The van der Waals surface area contributed by atoms with Crippen LogP contribution in [-0.2, 0) is 11.3 Å². The van der Waals surface area contributed by atoms with Gasteiger partial charge in [-0.15, -0.1) is 0 Å². The number of hydrogen-bond acceptors (Lipinski definition) is 3. The summed E-state index contributed by atoms with van der Waals surface area (Å²) < 4.78 is 12.9. The summed E-state index contributed by atoms with van der Waals surface area (Å²) >= 11 is 0. The maximum absolute atomic E-state index is 12.9. The van der Waals surface area contributed by atoms with Gasteiger partial charge in [-0.1, -0.05) is 12.1 Å². The van der Waals surface area contributed by atoms with Gasteiger partial charge in [0.2, 0.25) is 5.91 Å². The predicted octanol–water partition coefficient (Wildman–Crippen LogP) is 1.24. The molecule has 2 aliphatic rings. The monoisotopic (exact) mass is 292 g/mol. The number of nitrogens with zero attached hydrogens (tertiary/aromatic N) is 2. The van der Waals surface area contributed by atoms with E-state index in [1.165, 1.54) is 12.1 Å². The first kappa shape index (κ1) is 14.5. The van der Waals surface area contributed by atoms with Gasteiger partial charge in [0.25, 0.3) is 0 Å². The van der Waals surface area contributed by atoms with E-state index in [0.717, 1.165) is 18.4 Å². The molecule has 1 aromatic carbocycles. The van der Waals surface area contributed by atoms with Crippen LogP contribution in [0.4, 0.5) is 4.39 Å². The van der Waals surface area contributed by atoms with Crippen LogP contribution >= 0.6 is 0 Å². The van der Waals surface area contributed by atoms with Crippen LogP contribution in [0, 0.1) is 11.7 Å². The van der Waals surface area contributed by atoms with Crippen molar-refractivity contribution in [3.63, 3.8) is 0 Å². The van der Waals surface area contributed by atoms with Crippen molar-refractivity contribution >= 4 is 5.91 Å². The Morgan fingerprint density at radius 1 is 1.33 bits per heavy atom. The fourth-order valence-corrected chi connectivity index (χ4v) is 2.97. The Labute approximate surface area is 124 Å². The number of carbonyl (C=O) groups excluding carboxylic acids is 1. The van der Waals surface area contributed by atoms with Crippen LogP contribution in [-0.4, -0.2) is 53.1 Å². The number of carbonyl (C=O) groups is 1. The minimum atomic E-state index is -0.516. The third-order valence-electron chi connectivity index (χ3n) is 4.41. The Morgan fingerprint density at radius 3 is 2.62 bits per heavy atom. The molecule has 1 aromatic rings. The van der Waals surface area contributed by atoms with Gasteiger partial charge >= 0.3 is 0 Å². The Kier molecular flexibility index (Phi) is 3.95. The van der Waals surface area contributed by atoms with Crippen LogP contribution in [0.25, 0.3) is 0 Å².